The second-order valence-corrected chi connectivity index (χ2v) is 6.69. The van der Waals surface area contributed by atoms with Crippen LogP contribution in [0.4, 0.5) is 5.69 Å². The first-order valence-electron chi connectivity index (χ1n) is 5.35. The third kappa shape index (κ3) is 2.65. The third-order valence-corrected chi connectivity index (χ3v) is 5.66. The number of nitriles is 1. The summed E-state index contributed by atoms with van der Waals surface area (Å²) in [7, 11) is 0. The molecule has 0 bridgehead atoms. The van der Waals surface area contributed by atoms with Gasteiger partial charge in [-0.25, -0.2) is 0 Å². The first-order chi connectivity index (χ1) is 9.49. The van der Waals surface area contributed by atoms with E-state index in [0.717, 1.165) is 4.21 Å². The van der Waals surface area contributed by atoms with Crippen LogP contribution in [0.15, 0.2) is 22.4 Å². The van der Waals surface area contributed by atoms with E-state index < -0.39 is 0 Å². The predicted molar refractivity (Wildman–Crippen MR) is 85.1 cm³/mol. The Morgan fingerprint density at radius 2 is 2.10 bits per heavy atom. The highest BCUT2D eigenvalue weighted by Gasteiger charge is 2.22. The van der Waals surface area contributed by atoms with Crippen LogP contribution in [-0.2, 0) is 0 Å². The molecule has 0 spiro atoms. The summed E-state index contributed by atoms with van der Waals surface area (Å²) in [5, 5.41) is 9.77. The number of carbonyl (C=O) groups is 1. The Kier molecular flexibility index (Phi) is 4.61. The van der Waals surface area contributed by atoms with Crippen molar-refractivity contribution >= 4 is 57.8 Å². The molecular formula is C13H8Cl2N2OS2. The zero-order chi connectivity index (χ0) is 14.9. The molecule has 102 valence electrons. The molecule has 0 fully saturated rings. The van der Waals surface area contributed by atoms with Crippen LogP contribution < -0.4 is 5.73 Å². The molecule has 2 rings (SSSR count). The Labute approximate surface area is 134 Å². The molecule has 0 aliphatic heterocycles. The second kappa shape index (κ2) is 6.06. The molecule has 0 aliphatic carbocycles. The topological polar surface area (TPSA) is 66.9 Å². The lowest BCUT2D eigenvalue weighted by molar-refractivity contribution is 0.104. The summed E-state index contributed by atoms with van der Waals surface area (Å²) >= 11 is 14.3. The molecule has 2 N–H and O–H groups in total. The number of nitrogens with two attached hydrogens (primary N) is 1. The average Bonchev–Trinajstić information content (AvgIpc) is 2.77. The molecule has 7 heteroatoms. The van der Waals surface area contributed by atoms with E-state index in [1.54, 1.807) is 12.1 Å². The molecular weight excluding hydrogens is 335 g/mol. The summed E-state index contributed by atoms with van der Waals surface area (Å²) in [5.41, 5.74) is 6.86. The maximum absolute atomic E-state index is 12.4. The summed E-state index contributed by atoms with van der Waals surface area (Å²) < 4.78 is 0.730. The van der Waals surface area contributed by atoms with Gasteiger partial charge in [0, 0.05) is 5.56 Å². The smallest absolute Gasteiger partial charge is 0.205 e. The van der Waals surface area contributed by atoms with Crippen LogP contribution >= 0.6 is 46.3 Å². The van der Waals surface area contributed by atoms with Crippen molar-refractivity contribution in [3.63, 3.8) is 0 Å². The number of nitrogen functional groups attached to an aromatic ring is 1. The number of benzene rings is 1. The monoisotopic (exact) mass is 342 g/mol. The van der Waals surface area contributed by atoms with Crippen LogP contribution in [0.5, 0.6) is 0 Å². The SMILES string of the molecule is CSc1sc(C(=O)c2ccc(Cl)c(Cl)c2)c(N)c1C#N. The summed E-state index contributed by atoms with van der Waals surface area (Å²) in [6, 6.07) is 6.66. The molecule has 3 nitrogen and oxygen atoms in total. The van der Waals surface area contributed by atoms with E-state index in [2.05, 4.69) is 0 Å². The van der Waals surface area contributed by atoms with Gasteiger partial charge in [0.2, 0.25) is 5.78 Å². The number of anilines is 1. The number of halogens is 2. The first-order valence-corrected chi connectivity index (χ1v) is 8.15. The van der Waals surface area contributed by atoms with Crippen LogP contribution in [0.2, 0.25) is 10.0 Å². The zero-order valence-corrected chi connectivity index (χ0v) is 13.4. The van der Waals surface area contributed by atoms with Gasteiger partial charge in [-0.1, -0.05) is 23.2 Å². The summed E-state index contributed by atoms with van der Waals surface area (Å²) in [5.74, 6) is -0.261. The summed E-state index contributed by atoms with van der Waals surface area (Å²) in [6.07, 6.45) is 1.83. The minimum atomic E-state index is -0.261. The van der Waals surface area contributed by atoms with Crippen LogP contribution in [0, 0.1) is 11.3 Å². The highest BCUT2D eigenvalue weighted by Crippen LogP contribution is 2.38. The fourth-order valence-electron chi connectivity index (χ4n) is 1.61. The Balaban J connectivity index is 2.51. The lowest BCUT2D eigenvalue weighted by Gasteiger charge is -2.02. The second-order valence-electron chi connectivity index (χ2n) is 3.78. The van der Waals surface area contributed by atoms with Gasteiger partial charge in [-0.15, -0.1) is 23.1 Å². The molecule has 20 heavy (non-hydrogen) atoms. The number of thioether (sulfide) groups is 1. The van der Waals surface area contributed by atoms with Crippen molar-refractivity contribution in [3.8, 4) is 6.07 Å². The van der Waals surface area contributed by atoms with Crippen molar-refractivity contribution in [1.29, 1.82) is 5.26 Å². The van der Waals surface area contributed by atoms with Crippen LogP contribution in [0.1, 0.15) is 20.8 Å². The van der Waals surface area contributed by atoms with Crippen molar-refractivity contribution in [2.75, 3.05) is 12.0 Å². The lowest BCUT2D eigenvalue weighted by atomic mass is 10.1. The Morgan fingerprint density at radius 1 is 1.40 bits per heavy atom. The highest BCUT2D eigenvalue weighted by molar-refractivity contribution is 8.00. The van der Waals surface area contributed by atoms with E-state index >= 15 is 0 Å². The maximum Gasteiger partial charge on any atom is 0.205 e. The number of carbonyl (C=O) groups excluding carboxylic acids is 1. The number of ketones is 1. The van der Waals surface area contributed by atoms with E-state index in [0.29, 0.717) is 26.0 Å². The normalized spacial score (nSPS) is 10.3. The van der Waals surface area contributed by atoms with E-state index in [4.69, 9.17) is 34.2 Å². The van der Waals surface area contributed by atoms with Crippen LogP contribution in [0.3, 0.4) is 0 Å². The van der Waals surface area contributed by atoms with Crippen LogP contribution in [0.25, 0.3) is 0 Å². The minimum Gasteiger partial charge on any atom is -0.396 e. The van der Waals surface area contributed by atoms with E-state index in [-0.39, 0.29) is 11.5 Å². The van der Waals surface area contributed by atoms with Crippen molar-refractivity contribution < 1.29 is 4.79 Å². The minimum absolute atomic E-state index is 0.220. The quantitative estimate of drug-likeness (QED) is 0.660. The van der Waals surface area contributed by atoms with Gasteiger partial charge in [0.25, 0.3) is 0 Å². The molecule has 1 heterocycles. The Morgan fingerprint density at radius 3 is 2.60 bits per heavy atom. The fraction of sp³-hybridized carbons (Fsp3) is 0.0769. The van der Waals surface area contributed by atoms with Gasteiger partial charge >= 0.3 is 0 Å². The molecule has 0 saturated heterocycles. The van der Waals surface area contributed by atoms with Gasteiger partial charge in [-0.3, -0.25) is 4.79 Å². The summed E-state index contributed by atoms with van der Waals surface area (Å²) in [4.78, 5) is 12.8. The first kappa shape index (κ1) is 15.2. The predicted octanol–water partition coefficient (Wildman–Crippen LogP) is 4.46. The van der Waals surface area contributed by atoms with E-state index in [1.807, 2.05) is 12.3 Å². The average molecular weight is 343 g/mol. The van der Waals surface area contributed by atoms with E-state index in [9.17, 15) is 4.79 Å². The van der Waals surface area contributed by atoms with Crippen molar-refractivity contribution in [2.24, 2.45) is 0 Å². The number of nitrogens with zero attached hydrogens (tertiary/aromatic N) is 1. The molecule has 1 aromatic heterocycles. The highest BCUT2D eigenvalue weighted by atomic mass is 35.5. The Bertz CT molecular complexity index is 735. The van der Waals surface area contributed by atoms with Crippen molar-refractivity contribution in [1.82, 2.24) is 0 Å². The number of hydrogen-bond acceptors (Lipinski definition) is 5. The zero-order valence-electron chi connectivity index (χ0n) is 10.2. The standard InChI is InChI=1S/C13H8Cl2N2OS2/c1-19-13-7(5-16)10(17)12(20-13)11(18)6-2-3-8(14)9(15)4-6/h2-4H,17H2,1H3. The summed E-state index contributed by atoms with van der Waals surface area (Å²) in [6.45, 7) is 0. The van der Waals surface area contributed by atoms with Gasteiger partial charge in [-0.2, -0.15) is 5.26 Å². The molecule has 0 saturated carbocycles. The third-order valence-electron chi connectivity index (χ3n) is 2.60. The van der Waals surface area contributed by atoms with Crippen LogP contribution in [-0.4, -0.2) is 12.0 Å². The maximum atomic E-state index is 12.4. The molecule has 0 amide bonds. The molecule has 2 aromatic rings. The van der Waals surface area contributed by atoms with Crippen molar-refractivity contribution in [2.45, 2.75) is 4.21 Å². The molecule has 0 aliphatic rings. The molecule has 0 atom stereocenters. The van der Waals surface area contributed by atoms with Gasteiger partial charge in [0.15, 0.2) is 0 Å². The number of rotatable bonds is 3. The Hall–Kier alpha value is -1.19. The number of thiophene rings is 1. The lowest BCUT2D eigenvalue weighted by Crippen LogP contribution is -2.02. The van der Waals surface area contributed by atoms with Gasteiger partial charge in [0.1, 0.15) is 16.5 Å². The molecule has 0 unspecified atom stereocenters. The van der Waals surface area contributed by atoms with E-state index in [1.165, 1.54) is 29.2 Å². The number of hydrogen-bond donors (Lipinski definition) is 1. The van der Waals surface area contributed by atoms with Gasteiger partial charge in [0.05, 0.1) is 19.9 Å². The van der Waals surface area contributed by atoms with Gasteiger partial charge in [-0.05, 0) is 24.5 Å². The fourth-order valence-corrected chi connectivity index (χ4v) is 3.72. The van der Waals surface area contributed by atoms with Gasteiger partial charge < -0.3 is 5.73 Å². The molecule has 0 radical (unpaired) electrons. The largest absolute Gasteiger partial charge is 0.396 e. The molecule has 1 aromatic carbocycles. The van der Waals surface area contributed by atoms with Crippen molar-refractivity contribution in [3.05, 3.63) is 44.2 Å².